The van der Waals surface area contributed by atoms with Crippen LogP contribution in [-0.4, -0.2) is 39.5 Å². The molecule has 3 amide bonds. The highest BCUT2D eigenvalue weighted by Gasteiger charge is 2.52. The number of aliphatic imine (C=N–C) groups is 1. The number of hydrogen-bond acceptors (Lipinski definition) is 4. The molecule has 1 fully saturated rings. The number of halogens is 2. The van der Waals surface area contributed by atoms with Crippen LogP contribution >= 0.6 is 23.2 Å². The van der Waals surface area contributed by atoms with Crippen LogP contribution in [0.15, 0.2) is 59.2 Å². The lowest BCUT2D eigenvalue weighted by Gasteiger charge is -2.19. The van der Waals surface area contributed by atoms with E-state index in [1.54, 1.807) is 48.5 Å². The smallest absolute Gasteiger partial charge is 0.275 e. The van der Waals surface area contributed by atoms with Crippen molar-refractivity contribution in [2.75, 3.05) is 0 Å². The number of nitrogens with zero attached hydrogens (tertiary/aromatic N) is 3. The topological polar surface area (TPSA) is 70.1 Å². The minimum absolute atomic E-state index is 0.0322. The van der Waals surface area contributed by atoms with Gasteiger partial charge in [-0.25, -0.2) is 9.89 Å². The molecular weight excluding hydrogens is 413 g/mol. The first-order chi connectivity index (χ1) is 13.9. The van der Waals surface area contributed by atoms with Crippen LogP contribution in [0.1, 0.15) is 18.1 Å². The highest BCUT2D eigenvalue weighted by Crippen LogP contribution is 2.30. The predicted octanol–water partition coefficient (Wildman–Crippen LogP) is 3.53. The molecule has 1 saturated heterocycles. The molecule has 2 aromatic carbocycles. The fourth-order valence-electron chi connectivity index (χ4n) is 3.39. The molecule has 8 heteroatoms. The number of fused-ring (bicyclic) bond motifs is 1. The van der Waals surface area contributed by atoms with Crippen LogP contribution in [0.4, 0.5) is 0 Å². The lowest BCUT2D eigenvalue weighted by molar-refractivity contribution is -0.138. The average Bonchev–Trinajstić information content (AvgIpc) is 3.13. The summed E-state index contributed by atoms with van der Waals surface area (Å²) in [5, 5.41) is 1.03. The van der Waals surface area contributed by atoms with Crippen molar-refractivity contribution in [3.63, 3.8) is 0 Å². The maximum absolute atomic E-state index is 13.0. The molecule has 0 aromatic heterocycles. The molecule has 0 saturated carbocycles. The van der Waals surface area contributed by atoms with E-state index in [0.29, 0.717) is 15.6 Å². The fraction of sp³-hybridized carbons (Fsp3) is 0.143. The second-order valence-electron chi connectivity index (χ2n) is 6.68. The molecule has 29 heavy (non-hydrogen) atoms. The van der Waals surface area contributed by atoms with Gasteiger partial charge in [0.25, 0.3) is 11.8 Å². The summed E-state index contributed by atoms with van der Waals surface area (Å²) in [5.41, 5.74) is 1.47. The lowest BCUT2D eigenvalue weighted by Crippen LogP contribution is -2.40. The number of carbonyl (C=O) groups excluding carboxylic acids is 3. The Labute approximate surface area is 177 Å². The zero-order chi connectivity index (χ0) is 20.7. The Bertz CT molecular complexity index is 1090. The van der Waals surface area contributed by atoms with E-state index in [9.17, 15) is 14.4 Å². The first-order valence-electron chi connectivity index (χ1n) is 8.84. The maximum Gasteiger partial charge on any atom is 0.286 e. The fourth-order valence-corrected chi connectivity index (χ4v) is 3.70. The van der Waals surface area contributed by atoms with Crippen molar-refractivity contribution in [3.05, 3.63) is 75.4 Å². The lowest BCUT2D eigenvalue weighted by atomic mass is 10.0. The Hall–Kier alpha value is -2.96. The van der Waals surface area contributed by atoms with Crippen LogP contribution in [0.2, 0.25) is 10.0 Å². The molecule has 1 atom stereocenters. The van der Waals surface area contributed by atoms with Crippen LogP contribution in [0.25, 0.3) is 6.08 Å². The van der Waals surface area contributed by atoms with E-state index >= 15 is 0 Å². The monoisotopic (exact) mass is 427 g/mol. The summed E-state index contributed by atoms with van der Waals surface area (Å²) in [7, 11) is 0. The molecule has 1 unspecified atom stereocenters. The number of imide groups is 1. The van der Waals surface area contributed by atoms with Crippen LogP contribution in [0, 0.1) is 0 Å². The Kier molecular flexibility index (Phi) is 4.98. The van der Waals surface area contributed by atoms with E-state index in [1.165, 1.54) is 17.9 Å². The second-order valence-corrected chi connectivity index (χ2v) is 7.52. The number of amides is 3. The molecule has 6 nitrogen and oxygen atoms in total. The molecule has 2 aliphatic heterocycles. The zero-order valence-electron chi connectivity index (χ0n) is 15.3. The summed E-state index contributed by atoms with van der Waals surface area (Å²) in [6, 6.07) is 13.1. The Morgan fingerprint density at radius 2 is 1.79 bits per heavy atom. The first kappa shape index (κ1) is 19.4. The Balaban J connectivity index is 1.70. The molecule has 0 spiro atoms. The summed E-state index contributed by atoms with van der Waals surface area (Å²) >= 11 is 12.1. The van der Waals surface area contributed by atoms with Gasteiger partial charge in [0.1, 0.15) is 11.7 Å². The highest BCUT2D eigenvalue weighted by atomic mass is 35.5. The molecule has 4 rings (SSSR count). The van der Waals surface area contributed by atoms with Gasteiger partial charge >= 0.3 is 0 Å². The molecule has 146 valence electrons. The van der Waals surface area contributed by atoms with Gasteiger partial charge in [-0.3, -0.25) is 19.3 Å². The van der Waals surface area contributed by atoms with E-state index in [-0.39, 0.29) is 24.0 Å². The van der Waals surface area contributed by atoms with Gasteiger partial charge in [-0.05, 0) is 35.4 Å². The number of hydrogen-bond donors (Lipinski definition) is 0. The summed E-state index contributed by atoms with van der Waals surface area (Å²) < 4.78 is 0. The third-order valence-electron chi connectivity index (χ3n) is 4.75. The van der Waals surface area contributed by atoms with Gasteiger partial charge in [0.2, 0.25) is 11.9 Å². The largest absolute Gasteiger partial charge is 0.286 e. The van der Waals surface area contributed by atoms with E-state index < -0.39 is 17.9 Å². The van der Waals surface area contributed by atoms with Crippen LogP contribution in [-0.2, 0) is 20.8 Å². The summed E-state index contributed by atoms with van der Waals surface area (Å²) in [4.78, 5) is 44.7. The molecule has 2 aliphatic rings. The van der Waals surface area contributed by atoms with Crippen LogP contribution in [0.3, 0.4) is 0 Å². The van der Waals surface area contributed by atoms with Crippen LogP contribution in [0.5, 0.6) is 0 Å². The quantitative estimate of drug-likeness (QED) is 0.555. The summed E-state index contributed by atoms with van der Waals surface area (Å²) in [6.07, 6.45) is 1.76. The van der Waals surface area contributed by atoms with Crippen molar-refractivity contribution < 1.29 is 14.4 Å². The van der Waals surface area contributed by atoms with Gasteiger partial charge in [-0.2, -0.15) is 0 Å². The normalized spacial score (nSPS) is 19.8. The van der Waals surface area contributed by atoms with Gasteiger partial charge in [0, 0.05) is 23.4 Å². The number of benzene rings is 2. The molecule has 0 radical (unpaired) electrons. The van der Waals surface area contributed by atoms with Gasteiger partial charge in [-0.15, -0.1) is 0 Å². The standard InChI is InChI=1S/C21H15Cl2N3O3/c1-12(27)25-18(10-13-6-8-15(22)9-7-13)20(29)26-19(28)17(24-21(25)26)11-14-4-2-3-5-16(14)23/h2-9,11,18H,10H2,1H3/b17-11+. The molecule has 2 aromatic rings. The van der Waals surface area contributed by atoms with Crippen molar-refractivity contribution in [2.24, 2.45) is 4.99 Å². The summed E-state index contributed by atoms with van der Waals surface area (Å²) in [6.45, 7) is 1.34. The van der Waals surface area contributed by atoms with Gasteiger partial charge in [0.15, 0.2) is 0 Å². The van der Waals surface area contributed by atoms with E-state index in [4.69, 9.17) is 23.2 Å². The molecule has 0 bridgehead atoms. The van der Waals surface area contributed by atoms with Gasteiger partial charge in [0.05, 0.1) is 0 Å². The van der Waals surface area contributed by atoms with Gasteiger partial charge < -0.3 is 0 Å². The average molecular weight is 428 g/mol. The van der Waals surface area contributed by atoms with Gasteiger partial charge in [-0.1, -0.05) is 53.5 Å². The minimum atomic E-state index is -0.835. The number of carbonyl (C=O) groups is 3. The molecular formula is C21H15Cl2N3O3. The number of guanidine groups is 1. The maximum atomic E-state index is 13.0. The van der Waals surface area contributed by atoms with E-state index in [2.05, 4.69) is 4.99 Å². The van der Waals surface area contributed by atoms with E-state index in [1.807, 2.05) is 0 Å². The minimum Gasteiger partial charge on any atom is -0.275 e. The highest BCUT2D eigenvalue weighted by molar-refractivity contribution is 6.33. The molecule has 0 aliphatic carbocycles. The van der Waals surface area contributed by atoms with Crippen molar-refractivity contribution in [3.8, 4) is 0 Å². The van der Waals surface area contributed by atoms with Crippen molar-refractivity contribution in [1.29, 1.82) is 0 Å². The van der Waals surface area contributed by atoms with Crippen molar-refractivity contribution >= 4 is 53.0 Å². The third kappa shape index (κ3) is 3.45. The first-order valence-corrected chi connectivity index (χ1v) is 9.60. The van der Waals surface area contributed by atoms with Crippen molar-refractivity contribution in [1.82, 2.24) is 9.80 Å². The van der Waals surface area contributed by atoms with E-state index in [0.717, 1.165) is 10.5 Å². The SMILES string of the molecule is CC(=O)N1C2=N/C(=C/c3ccccc3Cl)C(=O)N2C(=O)C1Cc1ccc(Cl)cc1. The third-order valence-corrected chi connectivity index (χ3v) is 5.35. The van der Waals surface area contributed by atoms with Crippen molar-refractivity contribution in [2.45, 2.75) is 19.4 Å². The summed E-state index contributed by atoms with van der Waals surface area (Å²) in [5.74, 6) is -1.40. The zero-order valence-corrected chi connectivity index (χ0v) is 16.8. The van der Waals surface area contributed by atoms with Crippen LogP contribution < -0.4 is 0 Å². The number of rotatable bonds is 3. The Morgan fingerprint density at radius 1 is 1.10 bits per heavy atom. The second kappa shape index (κ2) is 7.46. The molecule has 0 N–H and O–H groups in total. The Morgan fingerprint density at radius 3 is 2.45 bits per heavy atom. The predicted molar refractivity (Wildman–Crippen MR) is 110 cm³/mol. The molecule has 2 heterocycles.